The van der Waals surface area contributed by atoms with E-state index in [2.05, 4.69) is 5.32 Å². The van der Waals surface area contributed by atoms with E-state index in [1.165, 1.54) is 20.8 Å². The van der Waals surface area contributed by atoms with Gasteiger partial charge in [-0.1, -0.05) is 0 Å². The maximum atomic E-state index is 13.6. The molecule has 0 aromatic heterocycles. The van der Waals surface area contributed by atoms with Crippen molar-refractivity contribution >= 4 is 11.6 Å². The molecule has 0 saturated carbocycles. The molecule has 0 unspecified atom stereocenters. The average Bonchev–Trinajstić information content (AvgIpc) is 2.23. The fraction of sp³-hybridized carbons (Fsp3) is 0.417. The quantitative estimate of drug-likeness (QED) is 0.870. The summed E-state index contributed by atoms with van der Waals surface area (Å²) in [6.45, 7) is 3.83. The summed E-state index contributed by atoms with van der Waals surface area (Å²) in [4.78, 5) is 10.8. The van der Waals surface area contributed by atoms with Crippen molar-refractivity contribution in [2.75, 3.05) is 11.9 Å². The van der Waals surface area contributed by atoms with Gasteiger partial charge in [-0.3, -0.25) is 4.79 Å². The zero-order chi connectivity index (χ0) is 13.9. The average molecular weight is 259 g/mol. The smallest absolute Gasteiger partial charge is 0.221 e. The molecule has 0 bridgehead atoms. The highest BCUT2D eigenvalue weighted by Crippen LogP contribution is 2.28. The molecule has 1 rings (SSSR count). The number of anilines is 1. The van der Waals surface area contributed by atoms with Crippen molar-refractivity contribution in [3.05, 3.63) is 23.8 Å². The van der Waals surface area contributed by atoms with Crippen molar-refractivity contribution in [1.82, 2.24) is 0 Å². The Morgan fingerprint density at radius 1 is 1.39 bits per heavy atom. The van der Waals surface area contributed by atoms with E-state index >= 15 is 0 Å². The van der Waals surface area contributed by atoms with Gasteiger partial charge in [0.2, 0.25) is 5.91 Å². The predicted molar refractivity (Wildman–Crippen MR) is 62.5 cm³/mol. The van der Waals surface area contributed by atoms with Crippen LogP contribution in [-0.4, -0.2) is 23.2 Å². The van der Waals surface area contributed by atoms with Crippen molar-refractivity contribution in [1.29, 1.82) is 0 Å². The zero-order valence-corrected chi connectivity index (χ0v) is 10.4. The Morgan fingerprint density at radius 3 is 2.28 bits per heavy atom. The molecule has 0 aliphatic heterocycles. The summed E-state index contributed by atoms with van der Waals surface area (Å²) >= 11 is 0. The molecule has 0 aliphatic rings. The highest BCUT2D eigenvalue weighted by atomic mass is 19.1. The number of benzene rings is 1. The monoisotopic (exact) mass is 259 g/mol. The number of carbonyl (C=O) groups excluding carboxylic acids is 1. The van der Waals surface area contributed by atoms with Crippen LogP contribution in [0.3, 0.4) is 0 Å². The van der Waals surface area contributed by atoms with Crippen LogP contribution in [0.4, 0.5) is 14.5 Å². The molecule has 0 spiro atoms. The minimum absolute atomic E-state index is 0.00616. The molecule has 0 saturated heterocycles. The summed E-state index contributed by atoms with van der Waals surface area (Å²) in [6, 6.07) is 1.90. The summed E-state index contributed by atoms with van der Waals surface area (Å²) < 4.78 is 32.3. The van der Waals surface area contributed by atoms with Gasteiger partial charge < -0.3 is 15.2 Å². The normalized spacial score (nSPS) is 11.2. The van der Waals surface area contributed by atoms with Gasteiger partial charge >= 0.3 is 0 Å². The van der Waals surface area contributed by atoms with Crippen molar-refractivity contribution in [2.24, 2.45) is 0 Å². The Hall–Kier alpha value is -1.69. The molecular formula is C12H15F2NO3. The van der Waals surface area contributed by atoms with Gasteiger partial charge in [0.1, 0.15) is 5.60 Å². The lowest BCUT2D eigenvalue weighted by Gasteiger charge is -2.24. The molecule has 0 aliphatic carbocycles. The van der Waals surface area contributed by atoms with E-state index in [0.29, 0.717) is 0 Å². The van der Waals surface area contributed by atoms with Crippen molar-refractivity contribution < 1.29 is 23.4 Å². The topological polar surface area (TPSA) is 58.6 Å². The maximum absolute atomic E-state index is 13.6. The Labute approximate surface area is 104 Å². The van der Waals surface area contributed by atoms with Gasteiger partial charge in [-0.15, -0.1) is 0 Å². The second kappa shape index (κ2) is 5.30. The maximum Gasteiger partial charge on any atom is 0.221 e. The predicted octanol–water partition coefficient (Wildman–Crippen LogP) is 2.07. The molecule has 0 heterocycles. The van der Waals surface area contributed by atoms with E-state index in [4.69, 9.17) is 9.84 Å². The van der Waals surface area contributed by atoms with E-state index in [1.807, 2.05) is 0 Å². The van der Waals surface area contributed by atoms with Crippen molar-refractivity contribution in [3.63, 3.8) is 0 Å². The van der Waals surface area contributed by atoms with Crippen molar-refractivity contribution in [3.8, 4) is 5.75 Å². The van der Waals surface area contributed by atoms with Gasteiger partial charge in [0.05, 0.1) is 6.61 Å². The fourth-order valence-electron chi connectivity index (χ4n) is 1.24. The lowest BCUT2D eigenvalue weighted by molar-refractivity contribution is -0.114. The number of amides is 1. The van der Waals surface area contributed by atoms with Crippen LogP contribution in [0.5, 0.6) is 5.75 Å². The van der Waals surface area contributed by atoms with E-state index < -0.39 is 28.9 Å². The zero-order valence-electron chi connectivity index (χ0n) is 10.4. The number of carbonyl (C=O) groups is 1. The van der Waals surface area contributed by atoms with Crippen LogP contribution in [0.15, 0.2) is 12.1 Å². The van der Waals surface area contributed by atoms with Gasteiger partial charge in [-0.05, 0) is 13.8 Å². The molecule has 1 aromatic carbocycles. The molecule has 4 nitrogen and oxygen atoms in total. The molecule has 6 heteroatoms. The number of rotatable bonds is 4. The highest BCUT2D eigenvalue weighted by molar-refractivity contribution is 5.88. The Morgan fingerprint density at radius 2 is 1.89 bits per heavy atom. The number of nitrogens with one attached hydrogen (secondary N) is 1. The van der Waals surface area contributed by atoms with Crippen LogP contribution in [0.1, 0.15) is 20.8 Å². The highest BCUT2D eigenvalue weighted by Gasteiger charge is 2.23. The number of aliphatic hydroxyl groups is 1. The number of aliphatic hydroxyl groups excluding tert-OH is 1. The molecule has 0 radical (unpaired) electrons. The van der Waals surface area contributed by atoms with Crippen LogP contribution in [0.2, 0.25) is 0 Å². The van der Waals surface area contributed by atoms with Crippen LogP contribution in [-0.2, 0) is 4.79 Å². The summed E-state index contributed by atoms with van der Waals surface area (Å²) in [6.07, 6.45) is 0. The number of ether oxygens (including phenoxy) is 1. The first-order valence-corrected chi connectivity index (χ1v) is 5.31. The van der Waals surface area contributed by atoms with Crippen molar-refractivity contribution in [2.45, 2.75) is 26.4 Å². The summed E-state index contributed by atoms with van der Waals surface area (Å²) in [5, 5.41) is 11.3. The molecule has 0 fully saturated rings. The Kier molecular flexibility index (Phi) is 4.24. The molecule has 1 aromatic rings. The largest absolute Gasteiger partial charge is 0.479 e. The standard InChI is InChI=1S/C12H15F2NO3/c1-7(17)15-8-4-9(13)11(10(14)5-8)18-12(2,3)6-16/h4-5,16H,6H2,1-3H3,(H,15,17). The molecule has 100 valence electrons. The second-order valence-corrected chi connectivity index (χ2v) is 4.47. The summed E-state index contributed by atoms with van der Waals surface area (Å²) in [5.41, 5.74) is -1.09. The third-order valence-electron chi connectivity index (χ3n) is 2.08. The first-order valence-electron chi connectivity index (χ1n) is 5.31. The van der Waals surface area contributed by atoms with Gasteiger partial charge in [0.25, 0.3) is 0 Å². The molecule has 2 N–H and O–H groups in total. The van der Waals surface area contributed by atoms with Gasteiger partial charge in [0, 0.05) is 24.7 Å². The van der Waals surface area contributed by atoms with Gasteiger partial charge in [-0.25, -0.2) is 8.78 Å². The lowest BCUT2D eigenvalue weighted by atomic mass is 10.1. The first-order chi connectivity index (χ1) is 8.25. The summed E-state index contributed by atoms with van der Waals surface area (Å²) in [5.74, 6) is -2.90. The van der Waals surface area contributed by atoms with Crippen LogP contribution in [0, 0.1) is 11.6 Å². The minimum atomic E-state index is -1.10. The molecular weight excluding hydrogens is 244 g/mol. The van der Waals surface area contributed by atoms with Gasteiger partial charge in [-0.2, -0.15) is 0 Å². The number of hydrogen-bond donors (Lipinski definition) is 2. The fourth-order valence-corrected chi connectivity index (χ4v) is 1.24. The lowest BCUT2D eigenvalue weighted by Crippen LogP contribution is -2.33. The van der Waals surface area contributed by atoms with E-state index in [0.717, 1.165) is 12.1 Å². The van der Waals surface area contributed by atoms with E-state index in [1.54, 1.807) is 0 Å². The molecule has 0 atom stereocenters. The molecule has 18 heavy (non-hydrogen) atoms. The third kappa shape index (κ3) is 3.66. The van der Waals surface area contributed by atoms with Crippen LogP contribution < -0.4 is 10.1 Å². The minimum Gasteiger partial charge on any atom is -0.479 e. The van der Waals surface area contributed by atoms with Gasteiger partial charge in [0.15, 0.2) is 17.4 Å². The van der Waals surface area contributed by atoms with Crippen LogP contribution >= 0.6 is 0 Å². The SMILES string of the molecule is CC(=O)Nc1cc(F)c(OC(C)(C)CO)c(F)c1. The number of hydrogen-bond acceptors (Lipinski definition) is 3. The third-order valence-corrected chi connectivity index (χ3v) is 2.08. The summed E-state index contributed by atoms with van der Waals surface area (Å²) in [7, 11) is 0. The Balaban J connectivity index is 3.05. The van der Waals surface area contributed by atoms with E-state index in [-0.39, 0.29) is 12.3 Å². The van der Waals surface area contributed by atoms with Crippen LogP contribution in [0.25, 0.3) is 0 Å². The number of halogens is 2. The first kappa shape index (κ1) is 14.4. The van der Waals surface area contributed by atoms with E-state index in [9.17, 15) is 13.6 Å². The Bertz CT molecular complexity index is 438. The second-order valence-electron chi connectivity index (χ2n) is 4.47. The molecule has 1 amide bonds.